The van der Waals surface area contributed by atoms with Crippen LogP contribution >= 0.6 is 11.6 Å². The smallest absolute Gasteiger partial charge is 0.330 e. The lowest BCUT2D eigenvalue weighted by Crippen LogP contribution is -2.47. The molecule has 0 bridgehead atoms. The van der Waals surface area contributed by atoms with Crippen molar-refractivity contribution in [1.82, 2.24) is 4.90 Å². The summed E-state index contributed by atoms with van der Waals surface area (Å²) in [6, 6.07) is 5.83. The van der Waals surface area contributed by atoms with E-state index in [1.54, 1.807) is 24.3 Å². The topological polar surface area (TPSA) is 20.3 Å². The number of benzene rings is 1. The van der Waals surface area contributed by atoms with Crippen LogP contribution in [0.3, 0.4) is 0 Å². The minimum Gasteiger partial charge on any atom is -0.330 e. The zero-order valence-corrected chi connectivity index (χ0v) is 11.1. The van der Waals surface area contributed by atoms with Crippen LogP contribution in [0.2, 0.25) is 5.02 Å². The van der Waals surface area contributed by atoms with Crippen LogP contribution in [0, 0.1) is 0 Å². The van der Waals surface area contributed by atoms with Gasteiger partial charge in [0.15, 0.2) is 0 Å². The molecule has 2 rings (SSSR count). The van der Waals surface area contributed by atoms with E-state index in [9.17, 15) is 22.4 Å². The standard InChI is InChI=1S/C13H12ClF4NO/c14-9-5-2-1-4-8(9)10-6-3-7-19(10)12(20)13(17,18)11(15)16/h1-2,4-5,10-11H,3,6-7H2. The molecule has 7 heteroatoms. The van der Waals surface area contributed by atoms with Gasteiger partial charge in [-0.3, -0.25) is 4.79 Å². The molecule has 1 aliphatic rings. The summed E-state index contributed by atoms with van der Waals surface area (Å²) in [5.74, 6) is -6.50. The number of hydrogen-bond donors (Lipinski definition) is 0. The first kappa shape index (κ1) is 15.1. The van der Waals surface area contributed by atoms with E-state index in [2.05, 4.69) is 0 Å². The van der Waals surface area contributed by atoms with E-state index in [4.69, 9.17) is 11.6 Å². The molecule has 1 saturated heterocycles. The predicted molar refractivity (Wildman–Crippen MR) is 66.1 cm³/mol. The van der Waals surface area contributed by atoms with Gasteiger partial charge in [-0.1, -0.05) is 29.8 Å². The normalized spacial score (nSPS) is 19.7. The molecule has 2 nitrogen and oxygen atoms in total. The van der Waals surface area contributed by atoms with Crippen molar-refractivity contribution in [1.29, 1.82) is 0 Å². The van der Waals surface area contributed by atoms with Crippen molar-refractivity contribution in [3.05, 3.63) is 34.9 Å². The van der Waals surface area contributed by atoms with Crippen molar-refractivity contribution in [3.63, 3.8) is 0 Å². The first-order valence-corrected chi connectivity index (χ1v) is 6.45. The zero-order chi connectivity index (χ0) is 14.9. The summed E-state index contributed by atoms with van der Waals surface area (Å²) >= 11 is 5.98. The van der Waals surface area contributed by atoms with Crippen LogP contribution < -0.4 is 0 Å². The van der Waals surface area contributed by atoms with Crippen LogP contribution in [-0.2, 0) is 4.79 Å². The molecular weight excluding hydrogens is 298 g/mol. The molecule has 1 atom stereocenters. The highest BCUT2D eigenvalue weighted by molar-refractivity contribution is 6.31. The van der Waals surface area contributed by atoms with Gasteiger partial charge in [-0.15, -0.1) is 0 Å². The highest BCUT2D eigenvalue weighted by Crippen LogP contribution is 2.38. The predicted octanol–water partition coefficient (Wildman–Crippen LogP) is 3.90. The Bertz CT molecular complexity index is 509. The summed E-state index contributed by atoms with van der Waals surface area (Å²) in [5, 5.41) is 0.331. The molecule has 0 aromatic heterocycles. The number of likely N-dealkylation sites (tertiary alicyclic amines) is 1. The molecule has 1 unspecified atom stereocenters. The van der Waals surface area contributed by atoms with Gasteiger partial charge in [0.25, 0.3) is 5.91 Å². The molecule has 1 aromatic carbocycles. The highest BCUT2D eigenvalue weighted by atomic mass is 35.5. The second-order valence-electron chi connectivity index (χ2n) is 4.60. The van der Waals surface area contributed by atoms with Gasteiger partial charge in [-0.2, -0.15) is 8.78 Å². The average Bonchev–Trinajstić information content (AvgIpc) is 2.87. The molecule has 1 fully saturated rings. The monoisotopic (exact) mass is 309 g/mol. The number of nitrogens with zero attached hydrogens (tertiary/aromatic N) is 1. The SMILES string of the molecule is O=C(N1CCCC1c1ccccc1Cl)C(F)(F)C(F)F. The van der Waals surface area contributed by atoms with E-state index in [0.29, 0.717) is 23.4 Å². The quantitative estimate of drug-likeness (QED) is 0.775. The van der Waals surface area contributed by atoms with E-state index in [0.717, 1.165) is 4.90 Å². The number of rotatable bonds is 3. The third-order valence-electron chi connectivity index (χ3n) is 3.34. The van der Waals surface area contributed by atoms with Gasteiger partial charge in [0.05, 0.1) is 6.04 Å². The maximum absolute atomic E-state index is 13.2. The van der Waals surface area contributed by atoms with Gasteiger partial charge >= 0.3 is 12.3 Å². The molecule has 1 aliphatic heterocycles. The van der Waals surface area contributed by atoms with Gasteiger partial charge in [0.1, 0.15) is 0 Å². The molecule has 0 spiro atoms. The number of carbonyl (C=O) groups excluding carboxylic acids is 1. The van der Waals surface area contributed by atoms with Crippen molar-refractivity contribution in [2.45, 2.75) is 31.2 Å². The van der Waals surface area contributed by atoms with Crippen LogP contribution in [-0.4, -0.2) is 29.7 Å². The molecule has 0 aliphatic carbocycles. The van der Waals surface area contributed by atoms with E-state index >= 15 is 0 Å². The Morgan fingerprint density at radius 2 is 2.00 bits per heavy atom. The summed E-state index contributed by atoms with van der Waals surface area (Å²) in [6.07, 6.45) is -3.11. The van der Waals surface area contributed by atoms with Gasteiger partial charge in [0, 0.05) is 11.6 Å². The fraction of sp³-hybridized carbons (Fsp3) is 0.462. The molecule has 0 N–H and O–H groups in total. The van der Waals surface area contributed by atoms with Crippen LogP contribution in [0.25, 0.3) is 0 Å². The van der Waals surface area contributed by atoms with Gasteiger partial charge in [0.2, 0.25) is 0 Å². The lowest BCUT2D eigenvalue weighted by molar-refractivity contribution is -0.181. The number of alkyl halides is 4. The molecule has 20 heavy (non-hydrogen) atoms. The average molecular weight is 310 g/mol. The Hall–Kier alpha value is -1.30. The van der Waals surface area contributed by atoms with Crippen molar-refractivity contribution in [2.75, 3.05) is 6.54 Å². The summed E-state index contributed by atoms with van der Waals surface area (Å²) < 4.78 is 51.0. The number of halogens is 5. The van der Waals surface area contributed by atoms with E-state index in [1.807, 2.05) is 0 Å². The highest BCUT2D eigenvalue weighted by Gasteiger charge is 2.53. The molecule has 1 aromatic rings. The summed E-state index contributed by atoms with van der Waals surface area (Å²) in [5.41, 5.74) is 0.505. The second kappa shape index (κ2) is 5.60. The first-order chi connectivity index (χ1) is 9.35. The number of carbonyl (C=O) groups is 1. The Morgan fingerprint density at radius 1 is 1.35 bits per heavy atom. The fourth-order valence-electron chi connectivity index (χ4n) is 2.36. The number of hydrogen-bond acceptors (Lipinski definition) is 1. The Labute approximate surface area is 118 Å². The minimum atomic E-state index is -4.66. The Morgan fingerprint density at radius 3 is 2.60 bits per heavy atom. The van der Waals surface area contributed by atoms with Crippen LogP contribution in [0.15, 0.2) is 24.3 Å². The number of amides is 1. The molecule has 1 amide bonds. The Kier molecular flexibility index (Phi) is 4.22. The largest absolute Gasteiger partial charge is 0.383 e. The third kappa shape index (κ3) is 2.61. The Balaban J connectivity index is 2.29. The van der Waals surface area contributed by atoms with E-state index < -0.39 is 24.3 Å². The van der Waals surface area contributed by atoms with E-state index in [-0.39, 0.29) is 6.54 Å². The van der Waals surface area contributed by atoms with Crippen molar-refractivity contribution in [3.8, 4) is 0 Å². The lowest BCUT2D eigenvalue weighted by atomic mass is 10.0. The minimum absolute atomic E-state index is 0.0248. The molecular formula is C13H12ClF4NO. The van der Waals surface area contributed by atoms with E-state index in [1.165, 1.54) is 0 Å². The second-order valence-corrected chi connectivity index (χ2v) is 5.01. The van der Waals surface area contributed by atoms with Gasteiger partial charge in [-0.25, -0.2) is 8.78 Å². The molecule has 0 saturated carbocycles. The van der Waals surface area contributed by atoms with Crippen molar-refractivity contribution >= 4 is 17.5 Å². The lowest BCUT2D eigenvalue weighted by Gasteiger charge is -2.29. The fourth-order valence-corrected chi connectivity index (χ4v) is 2.62. The maximum Gasteiger partial charge on any atom is 0.383 e. The van der Waals surface area contributed by atoms with Crippen molar-refractivity contribution in [2.24, 2.45) is 0 Å². The van der Waals surface area contributed by atoms with Crippen LogP contribution in [0.1, 0.15) is 24.4 Å². The molecule has 110 valence electrons. The summed E-state index contributed by atoms with van der Waals surface area (Å²) in [4.78, 5) is 12.5. The van der Waals surface area contributed by atoms with Crippen LogP contribution in [0.4, 0.5) is 17.6 Å². The zero-order valence-electron chi connectivity index (χ0n) is 10.3. The third-order valence-corrected chi connectivity index (χ3v) is 3.68. The summed E-state index contributed by atoms with van der Waals surface area (Å²) in [6.45, 7) is 0.0248. The van der Waals surface area contributed by atoms with Crippen molar-refractivity contribution < 1.29 is 22.4 Å². The molecule has 1 heterocycles. The van der Waals surface area contributed by atoms with Gasteiger partial charge < -0.3 is 4.90 Å². The first-order valence-electron chi connectivity index (χ1n) is 6.07. The summed E-state index contributed by atoms with van der Waals surface area (Å²) in [7, 11) is 0. The molecule has 0 radical (unpaired) electrons. The van der Waals surface area contributed by atoms with Crippen LogP contribution in [0.5, 0.6) is 0 Å². The van der Waals surface area contributed by atoms with Gasteiger partial charge in [-0.05, 0) is 24.5 Å². The maximum atomic E-state index is 13.2.